The minimum absolute atomic E-state index is 0.0847. The van der Waals surface area contributed by atoms with Gasteiger partial charge in [-0.15, -0.1) is 11.3 Å². The number of carbonyl (C=O) groups is 2. The summed E-state index contributed by atoms with van der Waals surface area (Å²) < 4.78 is 5.80. The van der Waals surface area contributed by atoms with Crippen LogP contribution in [0, 0.1) is 6.92 Å². The number of carbonyl (C=O) groups excluding carboxylic acids is 2. The summed E-state index contributed by atoms with van der Waals surface area (Å²) in [6.07, 6.45) is 3.19. The molecule has 2 unspecified atom stereocenters. The van der Waals surface area contributed by atoms with Crippen molar-refractivity contribution in [2.24, 2.45) is 0 Å². The number of hydrogen-bond acceptors (Lipinski definition) is 6. The van der Waals surface area contributed by atoms with Crippen LogP contribution in [0.15, 0.2) is 66.9 Å². The third-order valence-corrected chi connectivity index (χ3v) is 8.02. The molecule has 0 bridgehead atoms. The smallest absolute Gasteiger partial charge is 0.266 e. The number of nitrogens with one attached hydrogen (secondary N) is 1. The predicted molar refractivity (Wildman–Crippen MR) is 146 cm³/mol. The minimum atomic E-state index is -0.456. The Balaban J connectivity index is 1.41. The van der Waals surface area contributed by atoms with E-state index in [0.29, 0.717) is 41.2 Å². The van der Waals surface area contributed by atoms with E-state index in [1.807, 2.05) is 73.3 Å². The molecule has 1 N–H and O–H groups in total. The fourth-order valence-corrected chi connectivity index (χ4v) is 5.80. The second-order valence-electron chi connectivity index (χ2n) is 9.65. The first-order valence-corrected chi connectivity index (χ1v) is 13.2. The lowest BCUT2D eigenvalue weighted by Crippen LogP contribution is -2.57. The highest BCUT2D eigenvalue weighted by atomic mass is 32.1. The number of fused-ring (bicyclic) bond motifs is 1. The van der Waals surface area contributed by atoms with Gasteiger partial charge in [-0.3, -0.25) is 14.6 Å². The number of aryl methyl sites for hydroxylation is 1. The number of benzene rings is 2. The van der Waals surface area contributed by atoms with Crippen molar-refractivity contribution in [2.45, 2.75) is 38.3 Å². The fraction of sp³-hybridized carbons (Fsp3) is 0.310. The summed E-state index contributed by atoms with van der Waals surface area (Å²) in [7, 11) is 1.69. The SMILES string of the molecule is COC1(C)CCC(CNC(=O)c2cccc3cccnc23)N(C(=O)c2sc(C)nc2-c2ccccc2)C1. The van der Waals surface area contributed by atoms with E-state index >= 15 is 0 Å². The highest BCUT2D eigenvalue weighted by Crippen LogP contribution is 2.34. The van der Waals surface area contributed by atoms with Crippen LogP contribution >= 0.6 is 11.3 Å². The molecule has 1 saturated heterocycles. The highest BCUT2D eigenvalue weighted by Gasteiger charge is 2.40. The lowest BCUT2D eigenvalue weighted by atomic mass is 9.89. The van der Waals surface area contributed by atoms with Gasteiger partial charge in [-0.1, -0.05) is 48.5 Å². The zero-order valence-corrected chi connectivity index (χ0v) is 22.0. The molecule has 0 aliphatic carbocycles. The first kappa shape index (κ1) is 25.0. The van der Waals surface area contributed by atoms with Crippen molar-refractivity contribution in [3.8, 4) is 11.3 Å². The summed E-state index contributed by atoms with van der Waals surface area (Å²) in [6, 6.07) is 19.0. The first-order chi connectivity index (χ1) is 17.9. The number of hydrogen-bond donors (Lipinski definition) is 1. The van der Waals surface area contributed by atoms with Crippen molar-refractivity contribution in [1.29, 1.82) is 0 Å². The van der Waals surface area contributed by atoms with Gasteiger partial charge in [0.15, 0.2) is 0 Å². The van der Waals surface area contributed by atoms with Crippen LogP contribution in [-0.4, -0.2) is 58.5 Å². The molecular formula is C29H30N4O3S. The quantitative estimate of drug-likeness (QED) is 0.387. The first-order valence-electron chi connectivity index (χ1n) is 12.4. The topological polar surface area (TPSA) is 84.4 Å². The Hall–Kier alpha value is -3.62. The van der Waals surface area contributed by atoms with E-state index in [1.165, 1.54) is 11.3 Å². The summed E-state index contributed by atoms with van der Waals surface area (Å²) in [4.78, 5) is 38.8. The van der Waals surface area contributed by atoms with Crippen molar-refractivity contribution in [2.75, 3.05) is 20.2 Å². The normalized spacial score (nSPS) is 19.6. The molecule has 8 heteroatoms. The maximum absolute atomic E-state index is 14.0. The Morgan fingerprint density at radius 3 is 2.70 bits per heavy atom. The molecule has 1 fully saturated rings. The number of nitrogens with zero attached hydrogens (tertiary/aromatic N) is 3. The molecule has 0 saturated carbocycles. The van der Waals surface area contributed by atoms with Crippen molar-refractivity contribution in [1.82, 2.24) is 20.2 Å². The third kappa shape index (κ3) is 5.12. The lowest BCUT2D eigenvalue weighted by molar-refractivity contribution is -0.0583. The van der Waals surface area contributed by atoms with Crippen molar-refractivity contribution in [3.05, 3.63) is 82.3 Å². The van der Waals surface area contributed by atoms with Crippen LogP contribution in [0.1, 0.15) is 44.8 Å². The van der Waals surface area contributed by atoms with E-state index in [2.05, 4.69) is 15.3 Å². The van der Waals surface area contributed by atoms with E-state index in [1.54, 1.807) is 19.4 Å². The number of amides is 2. The molecule has 0 spiro atoms. The number of thiazole rings is 1. The van der Waals surface area contributed by atoms with Crippen LogP contribution in [0.2, 0.25) is 0 Å². The molecule has 0 radical (unpaired) electrons. The number of pyridine rings is 1. The Morgan fingerprint density at radius 1 is 1.14 bits per heavy atom. The predicted octanol–water partition coefficient (Wildman–Crippen LogP) is 5.11. The summed E-state index contributed by atoms with van der Waals surface area (Å²) in [5, 5.41) is 4.81. The van der Waals surface area contributed by atoms with E-state index < -0.39 is 5.60 Å². The van der Waals surface area contributed by atoms with Crippen LogP contribution in [-0.2, 0) is 4.74 Å². The second-order valence-corrected chi connectivity index (χ2v) is 10.9. The third-order valence-electron chi connectivity index (χ3n) is 7.06. The number of ether oxygens (including phenoxy) is 1. The molecule has 1 aliphatic rings. The van der Waals surface area contributed by atoms with Crippen LogP contribution in [0.25, 0.3) is 22.2 Å². The number of para-hydroxylation sites is 1. The molecule has 2 amide bonds. The molecule has 5 rings (SSSR count). The molecule has 190 valence electrons. The van der Waals surface area contributed by atoms with Crippen molar-refractivity contribution in [3.63, 3.8) is 0 Å². The maximum Gasteiger partial charge on any atom is 0.266 e. The van der Waals surface area contributed by atoms with Crippen LogP contribution in [0.4, 0.5) is 0 Å². The van der Waals surface area contributed by atoms with Gasteiger partial charge in [-0.2, -0.15) is 0 Å². The van der Waals surface area contributed by atoms with Gasteiger partial charge in [-0.25, -0.2) is 4.98 Å². The van der Waals surface area contributed by atoms with Crippen molar-refractivity contribution >= 4 is 34.1 Å². The summed E-state index contributed by atoms with van der Waals surface area (Å²) in [5.74, 6) is -0.283. The number of likely N-dealkylation sites (tertiary alicyclic amines) is 1. The molecule has 2 aromatic carbocycles. The fourth-order valence-electron chi connectivity index (χ4n) is 4.90. The molecule has 2 atom stereocenters. The van der Waals surface area contributed by atoms with Gasteiger partial charge < -0.3 is 15.0 Å². The minimum Gasteiger partial charge on any atom is -0.377 e. The molecule has 7 nitrogen and oxygen atoms in total. The van der Waals surface area contributed by atoms with Crippen LogP contribution in [0.3, 0.4) is 0 Å². The van der Waals surface area contributed by atoms with Crippen molar-refractivity contribution < 1.29 is 14.3 Å². The van der Waals surface area contributed by atoms with Gasteiger partial charge in [0.25, 0.3) is 11.8 Å². The van der Waals surface area contributed by atoms with E-state index in [0.717, 1.165) is 22.4 Å². The Bertz CT molecular complexity index is 1430. The van der Waals surface area contributed by atoms with Gasteiger partial charge in [-0.05, 0) is 38.8 Å². The monoisotopic (exact) mass is 514 g/mol. The van der Waals surface area contributed by atoms with Gasteiger partial charge in [0, 0.05) is 36.8 Å². The van der Waals surface area contributed by atoms with E-state index in [9.17, 15) is 9.59 Å². The second kappa shape index (κ2) is 10.4. The number of methoxy groups -OCH3 is 1. The summed E-state index contributed by atoms with van der Waals surface area (Å²) in [6.45, 7) is 4.72. The zero-order valence-electron chi connectivity index (χ0n) is 21.2. The van der Waals surface area contributed by atoms with Gasteiger partial charge in [0.1, 0.15) is 4.88 Å². The number of aromatic nitrogens is 2. The van der Waals surface area contributed by atoms with Crippen LogP contribution < -0.4 is 5.32 Å². The number of rotatable bonds is 6. The lowest BCUT2D eigenvalue weighted by Gasteiger charge is -2.44. The average molecular weight is 515 g/mol. The molecule has 1 aliphatic heterocycles. The standard InChI is InChI=1S/C29H30N4O3S/c1-19-32-25(21-9-5-4-6-10-21)26(37-19)28(35)33-18-29(2,36-3)15-14-22(33)17-31-27(34)23-13-7-11-20-12-8-16-30-24(20)23/h4-13,16,22H,14-15,17-18H2,1-3H3,(H,31,34). The maximum atomic E-state index is 14.0. The van der Waals surface area contributed by atoms with E-state index in [4.69, 9.17) is 4.74 Å². The van der Waals surface area contributed by atoms with E-state index in [-0.39, 0.29) is 17.9 Å². The molecule has 4 aromatic rings. The molecular weight excluding hydrogens is 484 g/mol. The van der Waals surface area contributed by atoms with Gasteiger partial charge in [0.2, 0.25) is 0 Å². The highest BCUT2D eigenvalue weighted by molar-refractivity contribution is 7.14. The zero-order chi connectivity index (χ0) is 26.0. The van der Waals surface area contributed by atoms with Gasteiger partial charge in [0.05, 0.1) is 33.9 Å². The average Bonchev–Trinajstić information content (AvgIpc) is 3.33. The molecule has 3 heterocycles. The Kier molecular flexibility index (Phi) is 7.04. The number of piperidine rings is 1. The van der Waals surface area contributed by atoms with Gasteiger partial charge >= 0.3 is 0 Å². The van der Waals surface area contributed by atoms with Crippen LogP contribution in [0.5, 0.6) is 0 Å². The molecule has 2 aromatic heterocycles. The Morgan fingerprint density at radius 2 is 1.92 bits per heavy atom. The Labute approximate surface area is 220 Å². The summed E-state index contributed by atoms with van der Waals surface area (Å²) >= 11 is 1.40. The largest absolute Gasteiger partial charge is 0.377 e. The molecule has 37 heavy (non-hydrogen) atoms. The summed E-state index contributed by atoms with van der Waals surface area (Å²) in [5.41, 5.74) is 2.34.